The van der Waals surface area contributed by atoms with Crippen LogP contribution in [0, 0.1) is 11.3 Å². The zero-order chi connectivity index (χ0) is 24.9. The number of imide groups is 1. The fraction of sp³-hybridized carbons (Fsp3) is 0.192. The number of nitriles is 1. The van der Waals surface area contributed by atoms with E-state index in [2.05, 4.69) is 22.0 Å². The summed E-state index contributed by atoms with van der Waals surface area (Å²) in [5, 5.41) is 9.08. The molecule has 1 fully saturated rings. The van der Waals surface area contributed by atoms with E-state index in [0.717, 1.165) is 32.9 Å². The molecule has 6 nitrogen and oxygen atoms in total. The lowest BCUT2D eigenvalue weighted by atomic mass is 10.1. The van der Waals surface area contributed by atoms with Gasteiger partial charge in [-0.1, -0.05) is 69.6 Å². The third-order valence-electron chi connectivity index (χ3n) is 5.52. The summed E-state index contributed by atoms with van der Waals surface area (Å²) in [5.41, 5.74) is 2.97. The lowest BCUT2D eigenvalue weighted by Crippen LogP contribution is -2.31. The molecule has 9 heteroatoms. The maximum atomic E-state index is 13.0. The summed E-state index contributed by atoms with van der Waals surface area (Å²) in [6.45, 7) is 0.413. The number of methoxy groups -OCH3 is 1. The third kappa shape index (κ3) is 5.81. The number of carbonyl (C=O) groups excluding carboxylic acids is 2. The van der Waals surface area contributed by atoms with Crippen molar-refractivity contribution in [2.75, 3.05) is 7.11 Å². The SMILES string of the molecule is COc1cc(C[C@@H]2SC(=O)N(Cc3ccc(Cl)cc3)C2=O)c(Br)cc1OCc1ccccc1C#N. The van der Waals surface area contributed by atoms with Crippen LogP contribution < -0.4 is 9.47 Å². The van der Waals surface area contributed by atoms with E-state index >= 15 is 0 Å². The maximum absolute atomic E-state index is 13.0. The van der Waals surface area contributed by atoms with Crippen LogP contribution in [0.25, 0.3) is 0 Å². The fourth-order valence-electron chi connectivity index (χ4n) is 3.66. The number of hydrogen-bond acceptors (Lipinski definition) is 6. The molecule has 1 aliphatic rings. The average Bonchev–Trinajstić information content (AvgIpc) is 3.12. The lowest BCUT2D eigenvalue weighted by Gasteiger charge is -2.16. The number of halogens is 2. The van der Waals surface area contributed by atoms with Crippen LogP contribution >= 0.6 is 39.3 Å². The summed E-state index contributed by atoms with van der Waals surface area (Å²) in [5.74, 6) is 0.772. The molecule has 0 aromatic heterocycles. The molecule has 0 saturated carbocycles. The highest BCUT2D eigenvalue weighted by Gasteiger charge is 2.39. The zero-order valence-corrected chi connectivity index (χ0v) is 21.8. The second-order valence-electron chi connectivity index (χ2n) is 7.78. The fourth-order valence-corrected chi connectivity index (χ4v) is 5.29. The normalized spacial score (nSPS) is 15.3. The summed E-state index contributed by atoms with van der Waals surface area (Å²) in [6.07, 6.45) is 0.348. The molecule has 0 aliphatic carbocycles. The van der Waals surface area contributed by atoms with Gasteiger partial charge in [-0.2, -0.15) is 5.26 Å². The van der Waals surface area contributed by atoms with E-state index in [4.69, 9.17) is 21.1 Å². The Morgan fingerprint density at radius 2 is 1.83 bits per heavy atom. The average molecular weight is 572 g/mol. The minimum absolute atomic E-state index is 0.205. The molecule has 35 heavy (non-hydrogen) atoms. The molecule has 178 valence electrons. The molecule has 1 heterocycles. The van der Waals surface area contributed by atoms with Crippen LogP contribution in [0.4, 0.5) is 4.79 Å². The van der Waals surface area contributed by atoms with Crippen LogP contribution in [0.2, 0.25) is 5.02 Å². The van der Waals surface area contributed by atoms with Gasteiger partial charge in [0.15, 0.2) is 11.5 Å². The zero-order valence-electron chi connectivity index (χ0n) is 18.7. The Morgan fingerprint density at radius 3 is 2.54 bits per heavy atom. The summed E-state index contributed by atoms with van der Waals surface area (Å²) in [4.78, 5) is 26.8. The second kappa shape index (κ2) is 11.2. The molecule has 0 bridgehead atoms. The van der Waals surface area contributed by atoms with Crippen LogP contribution in [0.15, 0.2) is 65.1 Å². The van der Waals surface area contributed by atoms with Gasteiger partial charge in [0, 0.05) is 15.1 Å². The third-order valence-corrected chi connectivity index (χ3v) is 7.58. The van der Waals surface area contributed by atoms with Gasteiger partial charge in [0.05, 0.1) is 30.5 Å². The Hall–Kier alpha value is -2.99. The van der Waals surface area contributed by atoms with E-state index in [1.807, 2.05) is 12.1 Å². The van der Waals surface area contributed by atoms with Crippen LogP contribution in [-0.2, 0) is 24.4 Å². The van der Waals surface area contributed by atoms with Crippen molar-refractivity contribution < 1.29 is 19.1 Å². The molecule has 1 atom stereocenters. The van der Waals surface area contributed by atoms with Crippen LogP contribution in [0.1, 0.15) is 22.3 Å². The van der Waals surface area contributed by atoms with Crippen molar-refractivity contribution in [3.63, 3.8) is 0 Å². The summed E-state index contributed by atoms with van der Waals surface area (Å²) in [7, 11) is 1.54. The van der Waals surface area contributed by atoms with Gasteiger partial charge < -0.3 is 9.47 Å². The number of nitrogens with zero attached hydrogens (tertiary/aromatic N) is 2. The molecule has 2 amide bonds. The molecular weight excluding hydrogens is 552 g/mol. The topological polar surface area (TPSA) is 79.6 Å². The predicted octanol–water partition coefficient (Wildman–Crippen LogP) is 6.37. The molecule has 0 spiro atoms. The molecule has 0 N–H and O–H groups in total. The van der Waals surface area contributed by atoms with Crippen molar-refractivity contribution in [3.8, 4) is 17.6 Å². The predicted molar refractivity (Wildman–Crippen MR) is 139 cm³/mol. The van der Waals surface area contributed by atoms with Gasteiger partial charge in [0.2, 0.25) is 5.91 Å². The number of thioether (sulfide) groups is 1. The van der Waals surface area contributed by atoms with Crippen LogP contribution in [0.3, 0.4) is 0 Å². The van der Waals surface area contributed by atoms with Gasteiger partial charge in [-0.25, -0.2) is 0 Å². The first-order valence-corrected chi connectivity index (χ1v) is 12.7. The quantitative estimate of drug-likeness (QED) is 0.313. The van der Waals surface area contributed by atoms with Crippen molar-refractivity contribution in [1.82, 2.24) is 4.90 Å². The molecule has 0 radical (unpaired) electrons. The highest BCUT2D eigenvalue weighted by Crippen LogP contribution is 2.38. The number of rotatable bonds is 8. The Bertz CT molecular complexity index is 1310. The first-order valence-electron chi connectivity index (χ1n) is 10.6. The Balaban J connectivity index is 1.47. The summed E-state index contributed by atoms with van der Waals surface area (Å²) in [6, 6.07) is 20.0. The van der Waals surface area contributed by atoms with Crippen molar-refractivity contribution in [1.29, 1.82) is 5.26 Å². The van der Waals surface area contributed by atoms with Crippen molar-refractivity contribution >= 4 is 50.4 Å². The molecule has 3 aromatic rings. The van der Waals surface area contributed by atoms with Crippen molar-refractivity contribution in [2.45, 2.75) is 24.8 Å². The minimum Gasteiger partial charge on any atom is -0.493 e. The molecule has 0 unspecified atom stereocenters. The number of carbonyl (C=O) groups is 2. The largest absolute Gasteiger partial charge is 0.493 e. The standard InChI is InChI=1S/C26H20BrClN2O4S/c1-33-22-10-19(21(27)12-23(22)34-15-18-5-3-2-4-17(18)13-29)11-24-25(31)30(26(32)35-24)14-16-6-8-20(28)9-7-16/h2-10,12,24H,11,14-15H2,1H3/t24-/m0/s1. The molecule has 3 aromatic carbocycles. The number of ether oxygens (including phenoxy) is 2. The summed E-state index contributed by atoms with van der Waals surface area (Å²) >= 11 is 10.5. The second-order valence-corrected chi connectivity index (χ2v) is 10.2. The first-order chi connectivity index (χ1) is 16.9. The van der Waals surface area contributed by atoms with Gasteiger partial charge in [-0.05, 0) is 47.9 Å². The maximum Gasteiger partial charge on any atom is 0.289 e. The number of hydrogen-bond donors (Lipinski definition) is 0. The van der Waals surface area contributed by atoms with E-state index in [1.54, 1.807) is 48.5 Å². The molecular formula is C26H20BrClN2O4S. The van der Waals surface area contributed by atoms with E-state index in [-0.39, 0.29) is 24.3 Å². The van der Waals surface area contributed by atoms with Crippen LogP contribution in [-0.4, -0.2) is 28.4 Å². The van der Waals surface area contributed by atoms with Gasteiger partial charge in [0.25, 0.3) is 5.24 Å². The lowest BCUT2D eigenvalue weighted by molar-refractivity contribution is -0.127. The van der Waals surface area contributed by atoms with E-state index in [9.17, 15) is 14.9 Å². The highest BCUT2D eigenvalue weighted by molar-refractivity contribution is 9.10. The Kier molecular flexibility index (Phi) is 8.01. The van der Waals surface area contributed by atoms with Crippen molar-refractivity contribution in [2.24, 2.45) is 0 Å². The smallest absolute Gasteiger partial charge is 0.289 e. The minimum atomic E-state index is -0.537. The molecule has 1 aliphatic heterocycles. The highest BCUT2D eigenvalue weighted by atomic mass is 79.9. The van der Waals surface area contributed by atoms with E-state index < -0.39 is 5.25 Å². The van der Waals surface area contributed by atoms with Gasteiger partial charge in [0.1, 0.15) is 6.61 Å². The first kappa shape index (κ1) is 25.1. The van der Waals surface area contributed by atoms with Gasteiger partial charge in [-0.3, -0.25) is 14.5 Å². The monoisotopic (exact) mass is 570 g/mol. The Morgan fingerprint density at radius 1 is 1.09 bits per heavy atom. The van der Waals surface area contributed by atoms with Crippen LogP contribution in [0.5, 0.6) is 11.5 Å². The van der Waals surface area contributed by atoms with E-state index in [0.29, 0.717) is 28.5 Å². The number of benzene rings is 3. The van der Waals surface area contributed by atoms with Gasteiger partial charge in [-0.15, -0.1) is 0 Å². The van der Waals surface area contributed by atoms with Gasteiger partial charge >= 0.3 is 0 Å². The summed E-state index contributed by atoms with van der Waals surface area (Å²) < 4.78 is 12.2. The Labute approximate surface area is 220 Å². The number of amides is 2. The molecule has 1 saturated heterocycles. The molecule has 4 rings (SSSR count). The van der Waals surface area contributed by atoms with Crippen molar-refractivity contribution in [3.05, 3.63) is 92.4 Å². The van der Waals surface area contributed by atoms with E-state index in [1.165, 1.54) is 12.0 Å².